The number of rotatable bonds is 6. The molecule has 2 aromatic carbocycles. The third-order valence-electron chi connectivity index (χ3n) is 7.22. The summed E-state index contributed by atoms with van der Waals surface area (Å²) >= 11 is 0. The van der Waals surface area contributed by atoms with E-state index in [9.17, 15) is 23.2 Å². The number of piperidine rings is 2. The van der Waals surface area contributed by atoms with Crippen molar-refractivity contribution in [3.05, 3.63) is 64.7 Å². The minimum atomic E-state index is -3.03. The molecule has 0 bridgehead atoms. The third-order valence-corrected chi connectivity index (χ3v) is 7.22. The molecule has 8 heteroatoms. The van der Waals surface area contributed by atoms with Crippen molar-refractivity contribution >= 4 is 17.6 Å². The fourth-order valence-corrected chi connectivity index (χ4v) is 5.31. The molecule has 0 radical (unpaired) electrons. The van der Waals surface area contributed by atoms with Gasteiger partial charge in [0.2, 0.25) is 5.91 Å². The molecule has 2 amide bonds. The van der Waals surface area contributed by atoms with Gasteiger partial charge in [-0.1, -0.05) is 35.9 Å². The van der Waals surface area contributed by atoms with Crippen LogP contribution in [-0.2, 0) is 4.79 Å². The Bertz CT molecular complexity index is 1130. The van der Waals surface area contributed by atoms with Gasteiger partial charge in [0.25, 0.3) is 5.91 Å². The predicted molar refractivity (Wildman–Crippen MR) is 131 cm³/mol. The van der Waals surface area contributed by atoms with E-state index in [1.807, 2.05) is 32.0 Å². The number of carbonyl (C=O) groups is 3. The highest BCUT2D eigenvalue weighted by molar-refractivity contribution is 5.99. The summed E-state index contributed by atoms with van der Waals surface area (Å²) in [5.41, 5.74) is 2.92. The Morgan fingerprint density at radius 2 is 1.61 bits per heavy atom. The maximum atomic E-state index is 13.3. The van der Waals surface area contributed by atoms with E-state index in [1.165, 1.54) is 18.2 Å². The van der Waals surface area contributed by atoms with Crippen LogP contribution in [0.5, 0.6) is 5.75 Å². The quantitative estimate of drug-likeness (QED) is 0.533. The molecule has 36 heavy (non-hydrogen) atoms. The molecule has 6 nitrogen and oxygen atoms in total. The van der Waals surface area contributed by atoms with Crippen LogP contribution in [-0.4, -0.2) is 60.2 Å². The average molecular weight is 499 g/mol. The summed E-state index contributed by atoms with van der Waals surface area (Å²) in [6, 6.07) is 11.8. The number of ether oxygens (including phenoxy) is 1. The fourth-order valence-electron chi connectivity index (χ4n) is 5.31. The van der Waals surface area contributed by atoms with E-state index < -0.39 is 12.5 Å². The van der Waals surface area contributed by atoms with E-state index in [0.717, 1.165) is 16.7 Å². The van der Waals surface area contributed by atoms with Gasteiger partial charge in [-0.3, -0.25) is 14.4 Å². The number of hydrogen-bond donors (Lipinski definition) is 0. The summed E-state index contributed by atoms with van der Waals surface area (Å²) in [6.07, 6.45) is 2.55. The second-order valence-electron chi connectivity index (χ2n) is 9.75. The number of nitrogens with zero attached hydrogens (tertiary/aromatic N) is 2. The van der Waals surface area contributed by atoms with Gasteiger partial charge in [0.1, 0.15) is 5.75 Å². The normalized spacial score (nSPS) is 18.9. The molecular weight excluding hydrogens is 466 g/mol. The lowest BCUT2D eigenvalue weighted by Gasteiger charge is -2.37. The standard InChI is InChI=1S/C28H32F2N2O4/c1-18-9-10-22(19(2)16-18)25(33)20-11-14-31(15-12-20)26(34)21-6-5-13-32(17-21)27(35)23-7-3-4-8-24(23)36-28(29)30/h3-4,7-10,16,20-21,28H,5-6,11-15,17H2,1-2H3. The number of Topliss-reactive ketones (excluding diaryl/α,β-unsaturated/α-hetero) is 1. The number of aryl methyl sites for hydroxylation is 2. The van der Waals surface area contributed by atoms with Crippen LogP contribution >= 0.6 is 0 Å². The molecule has 2 aliphatic rings. The van der Waals surface area contributed by atoms with Gasteiger partial charge >= 0.3 is 6.61 Å². The predicted octanol–water partition coefficient (Wildman–Crippen LogP) is 4.88. The number of carbonyl (C=O) groups excluding carboxylic acids is 3. The molecule has 192 valence electrons. The van der Waals surface area contributed by atoms with Crippen molar-refractivity contribution in [2.75, 3.05) is 26.2 Å². The lowest BCUT2D eigenvalue weighted by Crippen LogP contribution is -2.49. The molecule has 1 unspecified atom stereocenters. The van der Waals surface area contributed by atoms with Crippen molar-refractivity contribution < 1.29 is 27.9 Å². The number of halogens is 2. The number of benzene rings is 2. The Labute approximate surface area is 210 Å². The van der Waals surface area contributed by atoms with E-state index >= 15 is 0 Å². The first-order chi connectivity index (χ1) is 17.2. The van der Waals surface area contributed by atoms with Gasteiger partial charge in [0.05, 0.1) is 11.5 Å². The number of amides is 2. The summed E-state index contributed by atoms with van der Waals surface area (Å²) in [5, 5.41) is 0. The zero-order valence-electron chi connectivity index (χ0n) is 20.7. The summed E-state index contributed by atoms with van der Waals surface area (Å²) in [6.45, 7) is 2.64. The van der Waals surface area contributed by atoms with Crippen LogP contribution in [0.2, 0.25) is 0 Å². The molecule has 2 fully saturated rings. The van der Waals surface area contributed by atoms with Crippen molar-refractivity contribution in [1.82, 2.24) is 9.80 Å². The number of likely N-dealkylation sites (tertiary alicyclic amines) is 2. The van der Waals surface area contributed by atoms with Gasteiger partial charge in [-0.25, -0.2) is 0 Å². The first kappa shape index (κ1) is 25.8. The van der Waals surface area contributed by atoms with E-state index in [1.54, 1.807) is 15.9 Å². The van der Waals surface area contributed by atoms with Crippen LogP contribution in [0.15, 0.2) is 42.5 Å². The Kier molecular flexibility index (Phi) is 8.01. The molecule has 2 heterocycles. The Hall–Kier alpha value is -3.29. The largest absolute Gasteiger partial charge is 0.434 e. The number of ketones is 1. The summed E-state index contributed by atoms with van der Waals surface area (Å²) in [4.78, 5) is 42.8. The van der Waals surface area contributed by atoms with Crippen molar-refractivity contribution in [2.24, 2.45) is 11.8 Å². The van der Waals surface area contributed by atoms with Crippen LogP contribution in [0.3, 0.4) is 0 Å². The van der Waals surface area contributed by atoms with Gasteiger partial charge in [-0.15, -0.1) is 0 Å². The van der Waals surface area contributed by atoms with E-state index in [-0.39, 0.29) is 41.4 Å². The molecule has 2 aromatic rings. The number of alkyl halides is 2. The van der Waals surface area contributed by atoms with E-state index in [4.69, 9.17) is 0 Å². The maximum absolute atomic E-state index is 13.3. The molecular formula is C28H32F2N2O4. The van der Waals surface area contributed by atoms with Crippen molar-refractivity contribution in [2.45, 2.75) is 46.1 Å². The smallest absolute Gasteiger partial charge is 0.387 e. The van der Waals surface area contributed by atoms with Gasteiger partial charge < -0.3 is 14.5 Å². The second-order valence-corrected chi connectivity index (χ2v) is 9.75. The van der Waals surface area contributed by atoms with Gasteiger partial charge in [-0.2, -0.15) is 8.78 Å². The fraction of sp³-hybridized carbons (Fsp3) is 0.464. The van der Waals surface area contributed by atoms with Gasteiger partial charge in [-0.05, 0) is 57.2 Å². The van der Waals surface area contributed by atoms with Crippen molar-refractivity contribution in [1.29, 1.82) is 0 Å². The molecule has 0 spiro atoms. The van der Waals surface area contributed by atoms with Crippen LogP contribution in [0.1, 0.15) is 57.5 Å². The van der Waals surface area contributed by atoms with Gasteiger partial charge in [0, 0.05) is 37.7 Å². The van der Waals surface area contributed by atoms with Crippen molar-refractivity contribution in [3.8, 4) is 5.75 Å². The van der Waals surface area contributed by atoms with Crippen LogP contribution in [0.4, 0.5) is 8.78 Å². The summed E-state index contributed by atoms with van der Waals surface area (Å²) < 4.78 is 30.1. The molecule has 2 aliphatic heterocycles. The zero-order chi connectivity index (χ0) is 25.8. The molecule has 0 aromatic heterocycles. The second kappa shape index (κ2) is 11.2. The number of hydrogen-bond acceptors (Lipinski definition) is 4. The van der Waals surface area contributed by atoms with Crippen LogP contribution in [0, 0.1) is 25.7 Å². The highest BCUT2D eigenvalue weighted by atomic mass is 19.3. The molecule has 0 N–H and O–H groups in total. The Balaban J connectivity index is 1.36. The molecule has 4 rings (SSSR count). The third kappa shape index (κ3) is 5.74. The monoisotopic (exact) mass is 498 g/mol. The summed E-state index contributed by atoms with van der Waals surface area (Å²) in [5.74, 6) is -0.910. The molecule has 0 saturated carbocycles. The minimum Gasteiger partial charge on any atom is -0.434 e. The Morgan fingerprint density at radius 3 is 2.31 bits per heavy atom. The Morgan fingerprint density at radius 1 is 0.889 bits per heavy atom. The average Bonchev–Trinajstić information content (AvgIpc) is 2.88. The first-order valence-corrected chi connectivity index (χ1v) is 12.5. The minimum absolute atomic E-state index is 0.0120. The lowest BCUT2D eigenvalue weighted by molar-refractivity contribution is -0.138. The highest BCUT2D eigenvalue weighted by Crippen LogP contribution is 2.28. The highest BCUT2D eigenvalue weighted by Gasteiger charge is 2.35. The van der Waals surface area contributed by atoms with E-state index in [2.05, 4.69) is 4.74 Å². The first-order valence-electron chi connectivity index (χ1n) is 12.5. The number of para-hydroxylation sites is 1. The van der Waals surface area contributed by atoms with Crippen LogP contribution in [0.25, 0.3) is 0 Å². The maximum Gasteiger partial charge on any atom is 0.387 e. The lowest BCUT2D eigenvalue weighted by atomic mass is 9.86. The van der Waals surface area contributed by atoms with Crippen LogP contribution < -0.4 is 4.74 Å². The SMILES string of the molecule is Cc1ccc(C(=O)C2CCN(C(=O)C3CCCN(C(=O)c4ccccc4OC(F)F)C3)CC2)c(C)c1. The van der Waals surface area contributed by atoms with E-state index in [0.29, 0.717) is 45.3 Å². The summed E-state index contributed by atoms with van der Waals surface area (Å²) in [7, 11) is 0. The topological polar surface area (TPSA) is 66.9 Å². The molecule has 0 aliphatic carbocycles. The zero-order valence-corrected chi connectivity index (χ0v) is 20.7. The van der Waals surface area contributed by atoms with Crippen molar-refractivity contribution in [3.63, 3.8) is 0 Å². The van der Waals surface area contributed by atoms with Gasteiger partial charge in [0.15, 0.2) is 5.78 Å². The molecule has 2 saturated heterocycles. The molecule has 1 atom stereocenters.